The van der Waals surface area contributed by atoms with E-state index in [2.05, 4.69) is 27.3 Å². The number of nitrogens with one attached hydrogen (secondary N) is 1. The van der Waals surface area contributed by atoms with Crippen molar-refractivity contribution in [3.05, 3.63) is 33.3 Å². The molecule has 0 aliphatic carbocycles. The number of terminal acetylenes is 1. The first-order valence-corrected chi connectivity index (χ1v) is 5.20. The van der Waals surface area contributed by atoms with E-state index >= 15 is 0 Å². The highest BCUT2D eigenvalue weighted by Crippen LogP contribution is 2.27. The van der Waals surface area contributed by atoms with Crippen LogP contribution in [-0.4, -0.2) is 0 Å². The Morgan fingerprint density at radius 2 is 2.36 bits per heavy atom. The lowest BCUT2D eigenvalue weighted by molar-refractivity contribution is 0.566. The summed E-state index contributed by atoms with van der Waals surface area (Å²) in [4.78, 5) is 0. The van der Waals surface area contributed by atoms with Crippen LogP contribution < -0.4 is 11.3 Å². The van der Waals surface area contributed by atoms with Gasteiger partial charge in [0.2, 0.25) is 0 Å². The average molecular weight is 274 g/mol. The molecule has 1 unspecified atom stereocenters. The van der Waals surface area contributed by atoms with Gasteiger partial charge in [0.05, 0.1) is 6.04 Å². The van der Waals surface area contributed by atoms with Gasteiger partial charge in [0.25, 0.3) is 0 Å². The summed E-state index contributed by atoms with van der Waals surface area (Å²) in [6, 6.07) is 5.47. The molecule has 1 atom stereocenters. The molecule has 0 aliphatic rings. The van der Waals surface area contributed by atoms with E-state index in [4.69, 9.17) is 23.9 Å². The van der Waals surface area contributed by atoms with Gasteiger partial charge in [0, 0.05) is 15.9 Å². The fourth-order valence-corrected chi connectivity index (χ4v) is 2.12. The molecule has 3 N–H and O–H groups in total. The minimum absolute atomic E-state index is 0.0494. The van der Waals surface area contributed by atoms with E-state index < -0.39 is 0 Å². The maximum atomic E-state index is 5.82. The van der Waals surface area contributed by atoms with Gasteiger partial charge < -0.3 is 0 Å². The van der Waals surface area contributed by atoms with Crippen molar-refractivity contribution in [2.24, 2.45) is 5.84 Å². The van der Waals surface area contributed by atoms with Crippen molar-refractivity contribution < 1.29 is 0 Å². The van der Waals surface area contributed by atoms with Gasteiger partial charge in [-0.3, -0.25) is 11.3 Å². The molecule has 1 aromatic rings. The highest BCUT2D eigenvalue weighted by molar-refractivity contribution is 9.10. The molecule has 0 radical (unpaired) electrons. The second-order valence-corrected chi connectivity index (χ2v) is 4.08. The minimum Gasteiger partial charge on any atom is -0.271 e. The number of hydrogen-bond acceptors (Lipinski definition) is 2. The first kappa shape index (κ1) is 11.5. The normalized spacial score (nSPS) is 12.1. The van der Waals surface area contributed by atoms with Crippen molar-refractivity contribution in [1.29, 1.82) is 0 Å². The predicted molar refractivity (Wildman–Crippen MR) is 62.7 cm³/mol. The van der Waals surface area contributed by atoms with Crippen LogP contribution in [0.2, 0.25) is 5.02 Å². The molecule has 4 heteroatoms. The van der Waals surface area contributed by atoms with Crippen LogP contribution in [0.3, 0.4) is 0 Å². The van der Waals surface area contributed by atoms with E-state index in [1.165, 1.54) is 0 Å². The minimum atomic E-state index is -0.0494. The zero-order valence-corrected chi connectivity index (χ0v) is 9.77. The van der Waals surface area contributed by atoms with E-state index in [1.807, 2.05) is 18.2 Å². The summed E-state index contributed by atoms with van der Waals surface area (Å²) in [6.07, 6.45) is 5.77. The van der Waals surface area contributed by atoms with E-state index in [1.54, 1.807) is 0 Å². The lowest BCUT2D eigenvalue weighted by Crippen LogP contribution is -2.27. The van der Waals surface area contributed by atoms with Crippen molar-refractivity contribution in [1.82, 2.24) is 5.43 Å². The predicted octanol–water partition coefficient (Wildman–Crippen LogP) is 2.63. The van der Waals surface area contributed by atoms with E-state index in [0.29, 0.717) is 11.4 Å². The lowest BCUT2D eigenvalue weighted by atomic mass is 10.1. The second kappa shape index (κ2) is 5.38. The summed E-state index contributed by atoms with van der Waals surface area (Å²) in [5.74, 6) is 7.96. The van der Waals surface area contributed by atoms with Crippen LogP contribution in [0, 0.1) is 12.3 Å². The summed E-state index contributed by atoms with van der Waals surface area (Å²) >= 11 is 9.23. The van der Waals surface area contributed by atoms with Crippen molar-refractivity contribution in [2.75, 3.05) is 0 Å². The van der Waals surface area contributed by atoms with Gasteiger partial charge in [-0.15, -0.1) is 12.3 Å². The number of hydrogen-bond donors (Lipinski definition) is 2. The fraction of sp³-hybridized carbons (Fsp3) is 0.200. The SMILES string of the molecule is C#CCC(NN)c1ccc(Cl)cc1Br. The average Bonchev–Trinajstić information content (AvgIpc) is 2.15. The molecule has 74 valence electrons. The van der Waals surface area contributed by atoms with Crippen molar-refractivity contribution in [2.45, 2.75) is 12.5 Å². The molecule has 0 fully saturated rings. The summed E-state index contributed by atoms with van der Waals surface area (Å²) < 4.78 is 0.906. The Kier molecular flexibility index (Phi) is 4.43. The summed E-state index contributed by atoms with van der Waals surface area (Å²) in [6.45, 7) is 0. The summed E-state index contributed by atoms with van der Waals surface area (Å²) in [5.41, 5.74) is 3.67. The summed E-state index contributed by atoms with van der Waals surface area (Å²) in [5, 5.41) is 0.678. The fourth-order valence-electron chi connectivity index (χ4n) is 1.16. The van der Waals surface area contributed by atoms with Gasteiger partial charge >= 0.3 is 0 Å². The Morgan fingerprint density at radius 1 is 1.64 bits per heavy atom. The molecule has 0 aliphatic heterocycles. The molecular weight excluding hydrogens is 263 g/mol. The van der Waals surface area contributed by atoms with E-state index in [-0.39, 0.29) is 6.04 Å². The number of benzene rings is 1. The largest absolute Gasteiger partial charge is 0.271 e. The first-order valence-electron chi connectivity index (χ1n) is 4.03. The molecule has 0 amide bonds. The lowest BCUT2D eigenvalue weighted by Gasteiger charge is -2.15. The van der Waals surface area contributed by atoms with Gasteiger partial charge in [-0.25, -0.2) is 0 Å². The van der Waals surface area contributed by atoms with Crippen molar-refractivity contribution >= 4 is 27.5 Å². The number of nitrogens with two attached hydrogens (primary N) is 1. The number of halogens is 2. The molecule has 0 spiro atoms. The second-order valence-electron chi connectivity index (χ2n) is 2.79. The third-order valence-electron chi connectivity index (χ3n) is 1.86. The molecule has 0 saturated heterocycles. The van der Waals surface area contributed by atoms with Crippen LogP contribution in [-0.2, 0) is 0 Å². The zero-order valence-electron chi connectivity index (χ0n) is 7.43. The Balaban J connectivity index is 2.99. The molecule has 0 heterocycles. The third-order valence-corrected chi connectivity index (χ3v) is 2.78. The molecule has 0 saturated carbocycles. The van der Waals surface area contributed by atoms with Gasteiger partial charge in [0.1, 0.15) is 0 Å². The van der Waals surface area contributed by atoms with Crippen LogP contribution in [0.1, 0.15) is 18.0 Å². The smallest absolute Gasteiger partial charge is 0.0580 e. The van der Waals surface area contributed by atoms with E-state index in [9.17, 15) is 0 Å². The maximum Gasteiger partial charge on any atom is 0.0580 e. The van der Waals surface area contributed by atoms with Crippen LogP contribution in [0.15, 0.2) is 22.7 Å². The zero-order chi connectivity index (χ0) is 10.6. The standard InChI is InChI=1S/C10H10BrClN2/c1-2-3-10(14-13)8-5-4-7(12)6-9(8)11/h1,4-6,10,14H,3,13H2. The van der Waals surface area contributed by atoms with Crippen molar-refractivity contribution in [3.8, 4) is 12.3 Å². The van der Waals surface area contributed by atoms with Crippen LogP contribution in [0.5, 0.6) is 0 Å². The topological polar surface area (TPSA) is 38.0 Å². The number of rotatable bonds is 3. The molecule has 1 aromatic carbocycles. The van der Waals surface area contributed by atoms with Gasteiger partial charge in [0.15, 0.2) is 0 Å². The molecular formula is C10H10BrClN2. The highest BCUT2D eigenvalue weighted by Gasteiger charge is 2.11. The van der Waals surface area contributed by atoms with Crippen molar-refractivity contribution in [3.63, 3.8) is 0 Å². The molecule has 2 nitrogen and oxygen atoms in total. The van der Waals surface area contributed by atoms with E-state index in [0.717, 1.165) is 10.0 Å². The Labute approximate surface area is 96.9 Å². The monoisotopic (exact) mass is 272 g/mol. The van der Waals surface area contributed by atoms with Gasteiger partial charge in [-0.05, 0) is 17.7 Å². The molecule has 0 aromatic heterocycles. The Bertz CT molecular complexity index is 360. The summed E-state index contributed by atoms with van der Waals surface area (Å²) in [7, 11) is 0. The van der Waals surface area contributed by atoms with Crippen LogP contribution in [0.25, 0.3) is 0 Å². The van der Waals surface area contributed by atoms with Gasteiger partial charge in [-0.1, -0.05) is 33.6 Å². The molecule has 14 heavy (non-hydrogen) atoms. The first-order chi connectivity index (χ1) is 6.69. The quantitative estimate of drug-likeness (QED) is 0.505. The van der Waals surface area contributed by atoms with Crippen LogP contribution >= 0.6 is 27.5 Å². The Hall–Kier alpha value is -0.530. The number of hydrazine groups is 1. The maximum absolute atomic E-state index is 5.82. The molecule has 1 rings (SSSR count). The highest BCUT2D eigenvalue weighted by atomic mass is 79.9. The van der Waals surface area contributed by atoms with Gasteiger partial charge in [-0.2, -0.15) is 0 Å². The Morgan fingerprint density at radius 3 is 2.86 bits per heavy atom. The molecule has 0 bridgehead atoms. The van der Waals surface area contributed by atoms with Crippen LogP contribution in [0.4, 0.5) is 0 Å². The third kappa shape index (κ3) is 2.73.